The van der Waals surface area contributed by atoms with Gasteiger partial charge in [0, 0.05) is 31.0 Å². The number of halogens is 1. The van der Waals surface area contributed by atoms with Crippen LogP contribution in [0.25, 0.3) is 0 Å². The van der Waals surface area contributed by atoms with Crippen LogP contribution in [0.15, 0.2) is 83.8 Å². The number of hydrogen-bond acceptors (Lipinski definition) is 3. The second-order valence-corrected chi connectivity index (χ2v) is 8.98. The van der Waals surface area contributed by atoms with Crippen LogP contribution in [0.3, 0.4) is 0 Å². The summed E-state index contributed by atoms with van der Waals surface area (Å²) < 4.78 is 40.5. The minimum Gasteiger partial charge on any atom is -0.320 e. The maximum atomic E-state index is 13.1. The number of anilines is 2. The average Bonchev–Trinajstić information content (AvgIpc) is 2.77. The molecule has 0 aromatic heterocycles. The number of carbonyl (C=O) groups excluding carboxylic acids is 1. The standard InChI is InChI=1S/C23H22FN3O3S/c24-19-7-13-22(14-8-19)31(29,30)25-20-9-11-21(12-10-20)27-16-4-15-26(23(27)28)17-18-5-2-1-3-6-18/h1-3,5-14,25H,4,15-17H2. The van der Waals surface area contributed by atoms with Gasteiger partial charge < -0.3 is 4.90 Å². The highest BCUT2D eigenvalue weighted by atomic mass is 32.2. The van der Waals surface area contributed by atoms with Crippen molar-refractivity contribution < 1.29 is 17.6 Å². The van der Waals surface area contributed by atoms with Crippen molar-refractivity contribution in [1.29, 1.82) is 0 Å². The first-order valence-corrected chi connectivity index (χ1v) is 11.4. The maximum Gasteiger partial charge on any atom is 0.324 e. The summed E-state index contributed by atoms with van der Waals surface area (Å²) in [5, 5.41) is 0. The van der Waals surface area contributed by atoms with E-state index in [9.17, 15) is 17.6 Å². The molecule has 3 aromatic rings. The Hall–Kier alpha value is -3.39. The van der Waals surface area contributed by atoms with Crippen LogP contribution in [0.1, 0.15) is 12.0 Å². The smallest absolute Gasteiger partial charge is 0.320 e. The van der Waals surface area contributed by atoms with Crippen molar-refractivity contribution in [3.63, 3.8) is 0 Å². The summed E-state index contributed by atoms with van der Waals surface area (Å²) in [6.45, 7) is 1.84. The largest absolute Gasteiger partial charge is 0.324 e. The van der Waals surface area contributed by atoms with E-state index < -0.39 is 15.8 Å². The van der Waals surface area contributed by atoms with Crippen molar-refractivity contribution in [2.75, 3.05) is 22.7 Å². The number of nitrogens with zero attached hydrogens (tertiary/aromatic N) is 2. The molecule has 6 nitrogen and oxygen atoms in total. The number of urea groups is 1. The van der Waals surface area contributed by atoms with Crippen molar-refractivity contribution in [2.24, 2.45) is 0 Å². The molecular weight excluding hydrogens is 417 g/mol. The third kappa shape index (κ3) is 4.86. The van der Waals surface area contributed by atoms with Gasteiger partial charge in [0.1, 0.15) is 5.82 Å². The summed E-state index contributed by atoms with van der Waals surface area (Å²) in [6, 6.07) is 21.0. The molecule has 31 heavy (non-hydrogen) atoms. The predicted molar refractivity (Wildman–Crippen MR) is 118 cm³/mol. The number of rotatable bonds is 6. The number of nitrogens with one attached hydrogen (secondary N) is 1. The molecule has 1 fully saturated rings. The fraction of sp³-hybridized carbons (Fsp3) is 0.174. The van der Waals surface area contributed by atoms with Gasteiger partial charge in [0.2, 0.25) is 0 Å². The Morgan fingerprint density at radius 3 is 2.23 bits per heavy atom. The lowest BCUT2D eigenvalue weighted by Gasteiger charge is -2.35. The van der Waals surface area contributed by atoms with E-state index in [2.05, 4.69) is 4.72 Å². The highest BCUT2D eigenvalue weighted by Gasteiger charge is 2.26. The van der Waals surface area contributed by atoms with Gasteiger partial charge >= 0.3 is 6.03 Å². The molecule has 1 heterocycles. The zero-order valence-corrected chi connectivity index (χ0v) is 17.6. The van der Waals surface area contributed by atoms with Crippen LogP contribution in [0.2, 0.25) is 0 Å². The molecule has 0 unspecified atom stereocenters. The van der Waals surface area contributed by atoms with Gasteiger partial charge in [-0.15, -0.1) is 0 Å². The Morgan fingerprint density at radius 1 is 0.871 bits per heavy atom. The molecule has 2 amide bonds. The van der Waals surface area contributed by atoms with E-state index in [0.717, 1.165) is 24.1 Å². The van der Waals surface area contributed by atoms with Gasteiger partial charge in [-0.05, 0) is 60.5 Å². The minimum atomic E-state index is -3.83. The highest BCUT2D eigenvalue weighted by molar-refractivity contribution is 7.92. The fourth-order valence-electron chi connectivity index (χ4n) is 3.51. The molecule has 0 atom stereocenters. The molecule has 1 saturated heterocycles. The van der Waals surface area contributed by atoms with Crippen LogP contribution in [-0.2, 0) is 16.6 Å². The first-order valence-electron chi connectivity index (χ1n) is 9.91. The molecule has 1 N–H and O–H groups in total. The van der Waals surface area contributed by atoms with E-state index in [-0.39, 0.29) is 10.9 Å². The second kappa shape index (κ2) is 8.77. The van der Waals surface area contributed by atoms with Crippen molar-refractivity contribution in [1.82, 2.24) is 4.90 Å². The van der Waals surface area contributed by atoms with Crippen molar-refractivity contribution in [3.05, 3.63) is 90.2 Å². The number of amides is 2. The lowest BCUT2D eigenvalue weighted by Crippen LogP contribution is -2.49. The number of hydrogen-bond donors (Lipinski definition) is 1. The van der Waals surface area contributed by atoms with Gasteiger partial charge in [0.05, 0.1) is 4.90 Å². The van der Waals surface area contributed by atoms with Crippen LogP contribution in [0, 0.1) is 5.82 Å². The Labute approximate surface area is 181 Å². The molecule has 1 aliphatic rings. The van der Waals surface area contributed by atoms with E-state index >= 15 is 0 Å². The fourth-order valence-corrected chi connectivity index (χ4v) is 4.57. The molecule has 160 valence electrons. The highest BCUT2D eigenvalue weighted by Crippen LogP contribution is 2.24. The Balaban J connectivity index is 1.46. The second-order valence-electron chi connectivity index (χ2n) is 7.30. The quantitative estimate of drug-likeness (QED) is 0.617. The van der Waals surface area contributed by atoms with Crippen LogP contribution >= 0.6 is 0 Å². The monoisotopic (exact) mass is 439 g/mol. The normalized spacial score (nSPS) is 14.5. The molecule has 0 radical (unpaired) electrons. The summed E-state index contributed by atoms with van der Waals surface area (Å²) >= 11 is 0. The third-order valence-electron chi connectivity index (χ3n) is 5.08. The van der Waals surface area contributed by atoms with Crippen molar-refractivity contribution >= 4 is 27.4 Å². The first kappa shape index (κ1) is 20.9. The van der Waals surface area contributed by atoms with E-state index in [0.29, 0.717) is 31.0 Å². The van der Waals surface area contributed by atoms with Gasteiger partial charge in [-0.25, -0.2) is 17.6 Å². The molecule has 1 aliphatic heterocycles. The Kier molecular flexibility index (Phi) is 5.90. The van der Waals surface area contributed by atoms with Crippen LogP contribution in [-0.4, -0.2) is 32.4 Å². The summed E-state index contributed by atoms with van der Waals surface area (Å²) in [7, 11) is -3.83. The molecule has 4 rings (SSSR count). The van der Waals surface area contributed by atoms with Gasteiger partial charge in [0.25, 0.3) is 10.0 Å². The zero-order chi connectivity index (χ0) is 21.8. The molecule has 3 aromatic carbocycles. The number of benzene rings is 3. The summed E-state index contributed by atoms with van der Waals surface area (Å²) in [4.78, 5) is 16.4. The lowest BCUT2D eigenvalue weighted by molar-refractivity contribution is 0.192. The van der Waals surface area contributed by atoms with Crippen molar-refractivity contribution in [3.8, 4) is 0 Å². The third-order valence-corrected chi connectivity index (χ3v) is 6.48. The lowest BCUT2D eigenvalue weighted by atomic mass is 10.2. The number of carbonyl (C=O) groups is 1. The molecule has 0 saturated carbocycles. The predicted octanol–water partition coefficient (Wildman–Crippen LogP) is 4.46. The summed E-state index contributed by atoms with van der Waals surface area (Å²) in [5.41, 5.74) is 2.13. The summed E-state index contributed by atoms with van der Waals surface area (Å²) in [5.74, 6) is -0.504. The SMILES string of the molecule is O=C1N(Cc2ccccc2)CCCN1c1ccc(NS(=O)(=O)c2ccc(F)cc2)cc1. The zero-order valence-electron chi connectivity index (χ0n) is 16.7. The average molecular weight is 440 g/mol. The van der Waals surface area contributed by atoms with Gasteiger partial charge in [0.15, 0.2) is 0 Å². The van der Waals surface area contributed by atoms with Crippen molar-refractivity contribution in [2.45, 2.75) is 17.9 Å². The molecule has 0 spiro atoms. The minimum absolute atomic E-state index is 0.0271. The molecule has 0 aliphatic carbocycles. The molecular formula is C23H22FN3O3S. The Morgan fingerprint density at radius 2 is 1.55 bits per heavy atom. The Bertz CT molecular complexity index is 1150. The van der Waals surface area contributed by atoms with E-state index in [1.807, 2.05) is 35.2 Å². The van der Waals surface area contributed by atoms with Crippen LogP contribution < -0.4 is 9.62 Å². The maximum absolute atomic E-state index is 13.1. The van der Waals surface area contributed by atoms with Crippen LogP contribution in [0.5, 0.6) is 0 Å². The molecule has 8 heteroatoms. The van der Waals surface area contributed by atoms with E-state index in [1.165, 1.54) is 12.1 Å². The van der Waals surface area contributed by atoms with Gasteiger partial charge in [-0.3, -0.25) is 9.62 Å². The van der Waals surface area contributed by atoms with Crippen LogP contribution in [0.4, 0.5) is 20.6 Å². The van der Waals surface area contributed by atoms with Gasteiger partial charge in [-0.2, -0.15) is 0 Å². The van der Waals surface area contributed by atoms with E-state index in [1.54, 1.807) is 29.2 Å². The first-order chi connectivity index (χ1) is 14.9. The van der Waals surface area contributed by atoms with Gasteiger partial charge in [-0.1, -0.05) is 30.3 Å². The molecule has 0 bridgehead atoms. The number of sulfonamides is 1. The van der Waals surface area contributed by atoms with E-state index in [4.69, 9.17) is 0 Å². The summed E-state index contributed by atoms with van der Waals surface area (Å²) in [6.07, 6.45) is 0.845. The topological polar surface area (TPSA) is 69.7 Å².